The number of hydrogen-bond acceptors (Lipinski definition) is 4. The summed E-state index contributed by atoms with van der Waals surface area (Å²) in [5, 5.41) is 1.05. The third kappa shape index (κ3) is 4.35. The van der Waals surface area contributed by atoms with Gasteiger partial charge in [-0.2, -0.15) is 0 Å². The second-order valence-electron chi connectivity index (χ2n) is 5.17. The number of rotatable bonds is 5. The molecule has 2 aromatic carbocycles. The van der Waals surface area contributed by atoms with Gasteiger partial charge in [0.2, 0.25) is 10.0 Å². The Hall–Kier alpha value is -1.99. The maximum Gasteiger partial charge on any atom is 0.240 e. The summed E-state index contributed by atoms with van der Waals surface area (Å²) < 4.78 is 27.2. The van der Waals surface area contributed by atoms with Crippen molar-refractivity contribution in [2.45, 2.75) is 11.4 Å². The highest BCUT2D eigenvalue weighted by molar-refractivity contribution is 7.89. The predicted octanol–water partition coefficient (Wildman–Crippen LogP) is 3.93. The van der Waals surface area contributed by atoms with Crippen molar-refractivity contribution in [2.75, 3.05) is 0 Å². The minimum absolute atomic E-state index is 0.0929. The lowest BCUT2D eigenvalue weighted by atomic mass is 10.1. The van der Waals surface area contributed by atoms with Crippen LogP contribution in [-0.4, -0.2) is 18.4 Å². The standard InChI is InChI=1S/C17H13Cl2N3O2S/c18-13-3-6-16(17(19)9-13)12-1-4-15(5-2-12)25(23,24)22-10-14-7-8-20-11-21-14/h1-9,11,22H,10H2. The molecule has 0 spiro atoms. The van der Waals surface area contributed by atoms with Crippen LogP contribution in [0.5, 0.6) is 0 Å². The summed E-state index contributed by atoms with van der Waals surface area (Å²) in [5.74, 6) is 0. The first kappa shape index (κ1) is 17.8. The molecule has 0 unspecified atom stereocenters. The molecular weight excluding hydrogens is 381 g/mol. The molecule has 0 atom stereocenters. The molecule has 1 heterocycles. The molecule has 0 aliphatic rings. The number of nitrogens with zero attached hydrogens (tertiary/aromatic N) is 2. The lowest BCUT2D eigenvalue weighted by Gasteiger charge is -2.09. The Labute approximate surface area is 155 Å². The van der Waals surface area contributed by atoms with E-state index >= 15 is 0 Å². The minimum Gasteiger partial charge on any atom is -0.245 e. The summed E-state index contributed by atoms with van der Waals surface area (Å²) in [7, 11) is -3.64. The molecule has 5 nitrogen and oxygen atoms in total. The largest absolute Gasteiger partial charge is 0.245 e. The van der Waals surface area contributed by atoms with E-state index in [0.29, 0.717) is 15.7 Å². The molecular formula is C17H13Cl2N3O2S. The number of sulfonamides is 1. The van der Waals surface area contributed by atoms with E-state index in [0.717, 1.165) is 11.1 Å². The highest BCUT2D eigenvalue weighted by Crippen LogP contribution is 2.30. The summed E-state index contributed by atoms with van der Waals surface area (Å²) in [6, 6.07) is 13.3. The van der Waals surface area contributed by atoms with E-state index in [9.17, 15) is 8.42 Å². The van der Waals surface area contributed by atoms with Gasteiger partial charge in [-0.05, 0) is 35.9 Å². The Kier molecular flexibility index (Phi) is 5.34. The van der Waals surface area contributed by atoms with E-state index in [1.807, 2.05) is 0 Å². The highest BCUT2D eigenvalue weighted by atomic mass is 35.5. The summed E-state index contributed by atoms with van der Waals surface area (Å²) >= 11 is 12.1. The van der Waals surface area contributed by atoms with Gasteiger partial charge in [-0.15, -0.1) is 0 Å². The Morgan fingerprint density at radius 2 is 1.76 bits per heavy atom. The molecule has 8 heteroatoms. The zero-order valence-electron chi connectivity index (χ0n) is 12.9. The average molecular weight is 394 g/mol. The Morgan fingerprint density at radius 1 is 1.00 bits per heavy atom. The van der Waals surface area contributed by atoms with Crippen LogP contribution in [0.2, 0.25) is 10.0 Å². The summed E-state index contributed by atoms with van der Waals surface area (Å²) in [6.07, 6.45) is 2.93. The smallest absolute Gasteiger partial charge is 0.240 e. The lowest BCUT2D eigenvalue weighted by molar-refractivity contribution is 0.580. The van der Waals surface area contributed by atoms with Crippen LogP contribution >= 0.6 is 23.2 Å². The van der Waals surface area contributed by atoms with Crippen LogP contribution in [0.4, 0.5) is 0 Å². The van der Waals surface area contributed by atoms with Crippen molar-refractivity contribution < 1.29 is 8.42 Å². The Bertz CT molecular complexity index is 979. The fourth-order valence-corrected chi connectivity index (χ4v) is 3.73. The van der Waals surface area contributed by atoms with Crippen LogP contribution in [0.15, 0.2) is 66.0 Å². The van der Waals surface area contributed by atoms with Crippen LogP contribution in [-0.2, 0) is 16.6 Å². The van der Waals surface area contributed by atoms with Gasteiger partial charge in [-0.25, -0.2) is 23.1 Å². The molecule has 128 valence electrons. The van der Waals surface area contributed by atoms with Gasteiger partial charge < -0.3 is 0 Å². The molecule has 1 N–H and O–H groups in total. The van der Waals surface area contributed by atoms with Gasteiger partial charge in [0.1, 0.15) is 6.33 Å². The molecule has 0 radical (unpaired) electrons. The molecule has 0 amide bonds. The normalized spacial score (nSPS) is 11.4. The predicted molar refractivity (Wildman–Crippen MR) is 98.0 cm³/mol. The van der Waals surface area contributed by atoms with Crippen LogP contribution in [0.1, 0.15) is 5.69 Å². The maximum absolute atomic E-state index is 12.4. The number of hydrogen-bond donors (Lipinski definition) is 1. The van der Waals surface area contributed by atoms with Gasteiger partial charge in [0, 0.05) is 21.8 Å². The molecule has 25 heavy (non-hydrogen) atoms. The Balaban J connectivity index is 1.79. The third-order valence-electron chi connectivity index (χ3n) is 3.49. The van der Waals surface area contributed by atoms with E-state index in [-0.39, 0.29) is 11.4 Å². The van der Waals surface area contributed by atoms with Gasteiger partial charge in [-0.3, -0.25) is 0 Å². The van der Waals surface area contributed by atoms with Gasteiger partial charge >= 0.3 is 0 Å². The van der Waals surface area contributed by atoms with E-state index in [2.05, 4.69) is 14.7 Å². The van der Waals surface area contributed by atoms with Gasteiger partial charge in [0.15, 0.2) is 0 Å². The fourth-order valence-electron chi connectivity index (χ4n) is 2.21. The number of aromatic nitrogens is 2. The maximum atomic E-state index is 12.4. The van der Waals surface area contributed by atoms with Crippen LogP contribution in [0, 0.1) is 0 Å². The molecule has 1 aromatic heterocycles. The molecule has 0 saturated carbocycles. The first-order chi connectivity index (χ1) is 12.0. The van der Waals surface area contributed by atoms with Crippen molar-refractivity contribution in [3.05, 3.63) is 76.8 Å². The van der Waals surface area contributed by atoms with Crippen molar-refractivity contribution in [1.82, 2.24) is 14.7 Å². The number of halogens is 2. The van der Waals surface area contributed by atoms with Crippen LogP contribution in [0.3, 0.4) is 0 Å². The molecule has 0 saturated heterocycles. The summed E-state index contributed by atoms with van der Waals surface area (Å²) in [5.41, 5.74) is 2.17. The van der Waals surface area contributed by atoms with Crippen molar-refractivity contribution in [1.29, 1.82) is 0 Å². The summed E-state index contributed by atoms with van der Waals surface area (Å²) in [4.78, 5) is 7.94. The topological polar surface area (TPSA) is 72.0 Å². The van der Waals surface area contributed by atoms with E-state index in [4.69, 9.17) is 23.2 Å². The van der Waals surface area contributed by atoms with Crippen molar-refractivity contribution >= 4 is 33.2 Å². The molecule has 0 bridgehead atoms. The van der Waals surface area contributed by atoms with Gasteiger partial charge in [0.25, 0.3) is 0 Å². The molecule has 3 aromatic rings. The summed E-state index contributed by atoms with van der Waals surface area (Å²) in [6.45, 7) is 0.0929. The molecule has 0 fully saturated rings. The van der Waals surface area contributed by atoms with Crippen molar-refractivity contribution in [2.24, 2.45) is 0 Å². The fraction of sp³-hybridized carbons (Fsp3) is 0.0588. The van der Waals surface area contributed by atoms with Crippen molar-refractivity contribution in [3.63, 3.8) is 0 Å². The Morgan fingerprint density at radius 3 is 2.40 bits per heavy atom. The molecule has 3 rings (SSSR count). The number of benzene rings is 2. The second kappa shape index (κ2) is 7.49. The molecule has 0 aliphatic carbocycles. The van der Waals surface area contributed by atoms with Crippen LogP contribution in [0.25, 0.3) is 11.1 Å². The SMILES string of the molecule is O=S(=O)(NCc1ccncn1)c1ccc(-c2ccc(Cl)cc2Cl)cc1. The lowest BCUT2D eigenvalue weighted by Crippen LogP contribution is -2.23. The van der Waals surface area contributed by atoms with E-state index in [1.54, 1.807) is 42.6 Å². The zero-order valence-corrected chi connectivity index (χ0v) is 15.2. The first-order valence-electron chi connectivity index (χ1n) is 7.26. The second-order valence-corrected chi connectivity index (χ2v) is 7.78. The van der Waals surface area contributed by atoms with Crippen molar-refractivity contribution in [3.8, 4) is 11.1 Å². The monoisotopic (exact) mass is 393 g/mol. The van der Waals surface area contributed by atoms with E-state index < -0.39 is 10.0 Å². The van der Waals surface area contributed by atoms with Gasteiger partial charge in [-0.1, -0.05) is 41.4 Å². The quantitative estimate of drug-likeness (QED) is 0.712. The van der Waals surface area contributed by atoms with Gasteiger partial charge in [0.05, 0.1) is 17.1 Å². The number of nitrogens with one attached hydrogen (secondary N) is 1. The third-order valence-corrected chi connectivity index (χ3v) is 5.46. The highest BCUT2D eigenvalue weighted by Gasteiger charge is 2.14. The zero-order chi connectivity index (χ0) is 17.9. The minimum atomic E-state index is -3.64. The van der Waals surface area contributed by atoms with E-state index in [1.165, 1.54) is 18.5 Å². The average Bonchev–Trinajstić information content (AvgIpc) is 2.61. The first-order valence-corrected chi connectivity index (χ1v) is 9.50. The molecule has 0 aliphatic heterocycles. The van der Waals surface area contributed by atoms with Crippen LogP contribution < -0.4 is 4.72 Å².